The van der Waals surface area contributed by atoms with Gasteiger partial charge in [0.05, 0.1) is 11.6 Å². The summed E-state index contributed by atoms with van der Waals surface area (Å²) in [7, 11) is 0. The van der Waals surface area contributed by atoms with E-state index in [1.165, 1.54) is 11.0 Å². The minimum absolute atomic E-state index is 0.0304. The summed E-state index contributed by atoms with van der Waals surface area (Å²) in [5.74, 6) is -3.09. The number of carbonyl (C=O) groups excluding carboxylic acids is 2. The highest BCUT2D eigenvalue weighted by Gasteiger charge is 2.35. The molecule has 0 aliphatic carbocycles. The van der Waals surface area contributed by atoms with Crippen molar-refractivity contribution in [2.45, 2.75) is 25.8 Å². The lowest BCUT2D eigenvalue weighted by atomic mass is 10.1. The molecule has 1 aromatic carbocycles. The first-order valence-electron chi connectivity index (χ1n) is 8.24. The zero-order valence-corrected chi connectivity index (χ0v) is 14.2. The Morgan fingerprint density at radius 3 is 2.85 bits per heavy atom. The normalized spacial score (nSPS) is 18.0. The van der Waals surface area contributed by atoms with E-state index in [4.69, 9.17) is 0 Å². The van der Waals surface area contributed by atoms with E-state index in [1.807, 2.05) is 6.92 Å². The van der Waals surface area contributed by atoms with Crippen molar-refractivity contribution in [3.05, 3.63) is 54.1 Å². The lowest BCUT2D eigenvalue weighted by Crippen LogP contribution is -2.39. The van der Waals surface area contributed by atoms with E-state index in [-0.39, 0.29) is 36.5 Å². The Labute approximate surface area is 149 Å². The van der Waals surface area contributed by atoms with Gasteiger partial charge < -0.3 is 10.2 Å². The van der Waals surface area contributed by atoms with Crippen LogP contribution in [0.15, 0.2) is 36.8 Å². The number of aromatic nitrogens is 2. The zero-order chi connectivity index (χ0) is 18.7. The number of nitrogens with zero attached hydrogens (tertiary/aromatic N) is 3. The van der Waals surface area contributed by atoms with E-state index >= 15 is 0 Å². The quantitative estimate of drug-likeness (QED) is 0.883. The van der Waals surface area contributed by atoms with E-state index in [0.29, 0.717) is 6.42 Å². The van der Waals surface area contributed by atoms with Crippen LogP contribution >= 0.6 is 0 Å². The fourth-order valence-corrected chi connectivity index (χ4v) is 2.95. The van der Waals surface area contributed by atoms with Crippen molar-refractivity contribution in [3.63, 3.8) is 0 Å². The third kappa shape index (κ3) is 4.01. The van der Waals surface area contributed by atoms with Gasteiger partial charge in [-0.05, 0) is 19.1 Å². The molecule has 1 aliphatic rings. The molecule has 0 bridgehead atoms. The van der Waals surface area contributed by atoms with E-state index in [2.05, 4.69) is 15.3 Å². The number of hydrogen-bond acceptors (Lipinski definition) is 4. The van der Waals surface area contributed by atoms with Crippen molar-refractivity contribution >= 4 is 17.5 Å². The molecule has 0 radical (unpaired) electrons. The van der Waals surface area contributed by atoms with Crippen LogP contribution in [0, 0.1) is 17.6 Å². The molecule has 1 fully saturated rings. The number of rotatable bonds is 5. The second kappa shape index (κ2) is 7.55. The highest BCUT2D eigenvalue weighted by Crippen LogP contribution is 2.26. The molecule has 0 unspecified atom stereocenters. The minimum Gasteiger partial charge on any atom is -0.353 e. The third-order valence-electron chi connectivity index (χ3n) is 4.23. The summed E-state index contributed by atoms with van der Waals surface area (Å²) < 4.78 is 26.4. The lowest BCUT2D eigenvalue weighted by Gasteiger charge is -2.18. The highest BCUT2D eigenvalue weighted by molar-refractivity contribution is 6.00. The Hall–Kier alpha value is -2.90. The van der Waals surface area contributed by atoms with Crippen molar-refractivity contribution in [1.29, 1.82) is 0 Å². The van der Waals surface area contributed by atoms with Crippen molar-refractivity contribution < 1.29 is 18.4 Å². The smallest absolute Gasteiger partial charge is 0.227 e. The molecule has 1 aromatic heterocycles. The number of anilines is 1. The van der Waals surface area contributed by atoms with Crippen molar-refractivity contribution in [2.24, 2.45) is 5.92 Å². The largest absolute Gasteiger partial charge is 0.353 e. The first-order chi connectivity index (χ1) is 12.4. The van der Waals surface area contributed by atoms with Gasteiger partial charge in [-0.25, -0.2) is 8.78 Å². The summed E-state index contributed by atoms with van der Waals surface area (Å²) in [5.41, 5.74) is 1.00. The van der Waals surface area contributed by atoms with Gasteiger partial charge >= 0.3 is 0 Å². The molecule has 2 heterocycles. The molecule has 6 nitrogen and oxygen atoms in total. The van der Waals surface area contributed by atoms with Gasteiger partial charge in [0.2, 0.25) is 11.8 Å². The molecule has 136 valence electrons. The van der Waals surface area contributed by atoms with Gasteiger partial charge in [0, 0.05) is 55.8 Å². The zero-order valence-electron chi connectivity index (χ0n) is 14.2. The van der Waals surface area contributed by atoms with Crippen LogP contribution in [-0.2, 0) is 16.0 Å². The van der Waals surface area contributed by atoms with Crippen LogP contribution in [0.2, 0.25) is 0 Å². The predicted octanol–water partition coefficient (Wildman–Crippen LogP) is 1.86. The average Bonchev–Trinajstić information content (AvgIpc) is 3.00. The Morgan fingerprint density at radius 2 is 2.15 bits per heavy atom. The molecule has 26 heavy (non-hydrogen) atoms. The number of amides is 2. The number of halogens is 2. The standard InChI is InChI=1S/C18H18F2N4O2/c1-11(6-13-9-21-4-5-22-13)23-18(26)12-7-17(25)24(10-12)14-2-3-15(19)16(20)8-14/h2-5,8-9,11-12H,6-7,10H2,1H3,(H,23,26)/t11-,12-/m0/s1. The van der Waals surface area contributed by atoms with Gasteiger partial charge in [0.15, 0.2) is 11.6 Å². The summed E-state index contributed by atoms with van der Waals surface area (Å²) in [5, 5.41) is 2.86. The molecule has 2 aromatic rings. The maximum Gasteiger partial charge on any atom is 0.227 e. The molecule has 0 spiro atoms. The molecular weight excluding hydrogens is 342 g/mol. The summed E-state index contributed by atoms with van der Waals surface area (Å²) in [6.45, 7) is 1.98. The van der Waals surface area contributed by atoms with Crippen LogP contribution in [0.25, 0.3) is 0 Å². The van der Waals surface area contributed by atoms with Gasteiger partial charge in [-0.15, -0.1) is 0 Å². The highest BCUT2D eigenvalue weighted by atomic mass is 19.2. The molecule has 1 N–H and O–H groups in total. The molecule has 2 amide bonds. The molecule has 3 rings (SSSR count). The second-order valence-corrected chi connectivity index (χ2v) is 6.31. The van der Waals surface area contributed by atoms with Crippen LogP contribution in [0.1, 0.15) is 19.0 Å². The van der Waals surface area contributed by atoms with Crippen molar-refractivity contribution in [3.8, 4) is 0 Å². The van der Waals surface area contributed by atoms with Gasteiger partial charge in [0.25, 0.3) is 0 Å². The number of hydrogen-bond donors (Lipinski definition) is 1. The summed E-state index contributed by atoms with van der Waals surface area (Å²) in [6.07, 6.45) is 5.34. The third-order valence-corrected chi connectivity index (χ3v) is 4.23. The molecule has 1 aliphatic heterocycles. The topological polar surface area (TPSA) is 75.2 Å². The molecule has 0 saturated carbocycles. The van der Waals surface area contributed by atoms with E-state index in [9.17, 15) is 18.4 Å². The fourth-order valence-electron chi connectivity index (χ4n) is 2.95. The van der Waals surface area contributed by atoms with Gasteiger partial charge in [-0.2, -0.15) is 0 Å². The average molecular weight is 360 g/mol. The van der Waals surface area contributed by atoms with E-state index < -0.39 is 17.6 Å². The maximum absolute atomic E-state index is 13.4. The summed E-state index contributed by atoms with van der Waals surface area (Å²) in [6, 6.07) is 3.08. The number of nitrogens with one attached hydrogen (secondary N) is 1. The van der Waals surface area contributed by atoms with Crippen LogP contribution in [0.5, 0.6) is 0 Å². The minimum atomic E-state index is -1.03. The maximum atomic E-state index is 13.4. The Bertz CT molecular complexity index is 816. The second-order valence-electron chi connectivity index (χ2n) is 6.31. The van der Waals surface area contributed by atoms with E-state index in [0.717, 1.165) is 17.8 Å². The van der Waals surface area contributed by atoms with E-state index in [1.54, 1.807) is 18.6 Å². The van der Waals surface area contributed by atoms with Crippen LogP contribution in [0.3, 0.4) is 0 Å². The molecular formula is C18H18F2N4O2. The van der Waals surface area contributed by atoms with Crippen molar-refractivity contribution in [2.75, 3.05) is 11.4 Å². The number of carbonyl (C=O) groups is 2. The first-order valence-corrected chi connectivity index (χ1v) is 8.24. The van der Waals surface area contributed by atoms with Gasteiger partial charge in [0.1, 0.15) is 0 Å². The molecule has 1 saturated heterocycles. The summed E-state index contributed by atoms with van der Waals surface area (Å²) in [4.78, 5) is 34.0. The lowest BCUT2D eigenvalue weighted by molar-refractivity contribution is -0.126. The Balaban J connectivity index is 1.60. The van der Waals surface area contributed by atoms with Gasteiger partial charge in [-0.3, -0.25) is 19.6 Å². The SMILES string of the molecule is C[C@@H](Cc1cnccn1)NC(=O)[C@H]1CC(=O)N(c2ccc(F)c(F)c2)C1. The monoisotopic (exact) mass is 360 g/mol. The van der Waals surface area contributed by atoms with Gasteiger partial charge in [-0.1, -0.05) is 0 Å². The Kier molecular flexibility index (Phi) is 5.20. The molecule has 2 atom stereocenters. The molecule has 8 heteroatoms. The fraction of sp³-hybridized carbons (Fsp3) is 0.333. The number of benzene rings is 1. The van der Waals surface area contributed by atoms with Crippen LogP contribution in [0.4, 0.5) is 14.5 Å². The Morgan fingerprint density at radius 1 is 1.35 bits per heavy atom. The van der Waals surface area contributed by atoms with Crippen molar-refractivity contribution in [1.82, 2.24) is 15.3 Å². The predicted molar refractivity (Wildman–Crippen MR) is 90.2 cm³/mol. The first kappa shape index (κ1) is 17.9. The summed E-state index contributed by atoms with van der Waals surface area (Å²) >= 11 is 0. The van der Waals surface area contributed by atoms with Crippen LogP contribution < -0.4 is 10.2 Å². The van der Waals surface area contributed by atoms with Crippen LogP contribution in [-0.4, -0.2) is 34.4 Å².